The van der Waals surface area contributed by atoms with E-state index in [1.165, 1.54) is 12.1 Å². The molecule has 0 aliphatic carbocycles. The fourth-order valence-electron chi connectivity index (χ4n) is 4.28. The molecule has 1 amide bonds. The summed E-state index contributed by atoms with van der Waals surface area (Å²) in [7, 11) is 2.16. The molecule has 0 atom stereocenters. The number of likely N-dealkylation sites (N-methyl/N-ethyl adjacent to an activating group) is 1. The van der Waals surface area contributed by atoms with Crippen molar-refractivity contribution in [3.63, 3.8) is 0 Å². The summed E-state index contributed by atoms with van der Waals surface area (Å²) in [5.41, 5.74) is 4.66. The van der Waals surface area contributed by atoms with Crippen molar-refractivity contribution >= 4 is 28.6 Å². The van der Waals surface area contributed by atoms with Crippen molar-refractivity contribution < 1.29 is 13.9 Å². The van der Waals surface area contributed by atoms with Crippen LogP contribution in [0.1, 0.15) is 16.7 Å². The first-order valence-electron chi connectivity index (χ1n) is 10.3. The van der Waals surface area contributed by atoms with E-state index in [2.05, 4.69) is 33.5 Å². The lowest BCUT2D eigenvalue weighted by Crippen LogP contribution is -2.45. The van der Waals surface area contributed by atoms with E-state index >= 15 is 0 Å². The minimum atomic E-state index is -0.375. The summed E-state index contributed by atoms with van der Waals surface area (Å²) in [5, 5.41) is 6.23. The van der Waals surface area contributed by atoms with Crippen molar-refractivity contribution in [2.45, 2.75) is 6.61 Å². The van der Waals surface area contributed by atoms with Crippen LogP contribution >= 0.6 is 0 Å². The number of fused-ring (bicyclic) bond motifs is 2. The zero-order valence-electron chi connectivity index (χ0n) is 17.0. The first-order chi connectivity index (χ1) is 14.6. The molecule has 7 heteroatoms. The number of piperazine rings is 1. The first-order valence-corrected chi connectivity index (χ1v) is 10.3. The third kappa shape index (κ3) is 3.55. The number of anilines is 2. The van der Waals surface area contributed by atoms with Gasteiger partial charge in [0, 0.05) is 61.6 Å². The molecule has 0 radical (unpaired) electrons. The first kappa shape index (κ1) is 19.1. The van der Waals surface area contributed by atoms with E-state index in [4.69, 9.17) is 4.74 Å². The van der Waals surface area contributed by atoms with E-state index in [1.807, 2.05) is 12.1 Å². The van der Waals surface area contributed by atoms with E-state index < -0.39 is 0 Å². The normalized spacial score (nSPS) is 21.2. The van der Waals surface area contributed by atoms with Gasteiger partial charge in [-0.2, -0.15) is 0 Å². The Morgan fingerprint density at radius 3 is 2.73 bits per heavy atom. The molecule has 6 nitrogen and oxygen atoms in total. The van der Waals surface area contributed by atoms with Gasteiger partial charge in [-0.15, -0.1) is 0 Å². The average Bonchev–Trinajstić information content (AvgIpc) is 3.28. The Hall–Kier alpha value is -2.90. The molecule has 0 aromatic heterocycles. The Balaban J connectivity index is 1.31. The maximum absolute atomic E-state index is 13.5. The molecule has 2 aromatic rings. The summed E-state index contributed by atoms with van der Waals surface area (Å²) in [6.45, 7) is 6.80. The molecule has 30 heavy (non-hydrogen) atoms. The summed E-state index contributed by atoms with van der Waals surface area (Å²) in [6.07, 6.45) is 0. The highest BCUT2D eigenvalue weighted by molar-refractivity contribution is 6.36. The molecule has 2 N–H and O–H groups in total. The molecule has 3 aliphatic rings. The molecular formula is C23H25FN4O2. The fraction of sp³-hybridized carbons (Fsp3) is 0.348. The molecule has 0 spiro atoms. The zero-order chi connectivity index (χ0) is 20.7. The number of amides is 1. The largest absolute Gasteiger partial charge is 0.487 e. The van der Waals surface area contributed by atoms with Gasteiger partial charge in [0.15, 0.2) is 0 Å². The summed E-state index contributed by atoms with van der Waals surface area (Å²) >= 11 is 0. The van der Waals surface area contributed by atoms with Gasteiger partial charge >= 0.3 is 0 Å². The van der Waals surface area contributed by atoms with Crippen molar-refractivity contribution in [1.29, 1.82) is 0 Å². The predicted octanol–water partition coefficient (Wildman–Crippen LogP) is 2.84. The molecule has 1 fully saturated rings. The van der Waals surface area contributed by atoms with Gasteiger partial charge in [0.25, 0.3) is 5.91 Å². The standard InChI is InChI=1S/C23H25FN4O2/c1-27-8-10-28(11-9-27)7-6-25-17-3-5-18-15(12-17)14-30-22(18)21-19-4-2-16(24)13-20(19)26-23(21)29/h2-5,12-13,25H,6-11,14H2,1H3,(H,26,29)/b22-21+. The Bertz CT molecular complexity index is 1030. The highest BCUT2D eigenvalue weighted by Gasteiger charge is 2.32. The molecule has 0 unspecified atom stereocenters. The van der Waals surface area contributed by atoms with E-state index in [0.29, 0.717) is 29.2 Å². The number of rotatable bonds is 4. The number of nitrogens with zero attached hydrogens (tertiary/aromatic N) is 2. The van der Waals surface area contributed by atoms with Crippen LogP contribution in [0.15, 0.2) is 36.4 Å². The topological polar surface area (TPSA) is 56.8 Å². The summed E-state index contributed by atoms with van der Waals surface area (Å²) < 4.78 is 19.4. The Morgan fingerprint density at radius 2 is 1.90 bits per heavy atom. The lowest BCUT2D eigenvalue weighted by Gasteiger charge is -2.32. The van der Waals surface area contributed by atoms with Gasteiger partial charge in [-0.3, -0.25) is 9.69 Å². The van der Waals surface area contributed by atoms with Crippen LogP contribution in [0, 0.1) is 5.82 Å². The highest BCUT2D eigenvalue weighted by Crippen LogP contribution is 2.42. The van der Waals surface area contributed by atoms with Gasteiger partial charge in [-0.05, 0) is 43.4 Å². The number of nitrogens with one attached hydrogen (secondary N) is 2. The second kappa shape index (κ2) is 7.74. The van der Waals surface area contributed by atoms with Crippen LogP contribution in [0.2, 0.25) is 0 Å². The monoisotopic (exact) mass is 408 g/mol. The lowest BCUT2D eigenvalue weighted by molar-refractivity contribution is -0.110. The van der Waals surface area contributed by atoms with Crippen LogP contribution in [-0.4, -0.2) is 62.0 Å². The van der Waals surface area contributed by atoms with E-state index in [0.717, 1.165) is 56.1 Å². The van der Waals surface area contributed by atoms with Crippen LogP contribution < -0.4 is 10.6 Å². The number of ether oxygens (including phenoxy) is 1. The van der Waals surface area contributed by atoms with E-state index in [-0.39, 0.29) is 11.7 Å². The maximum atomic E-state index is 13.5. The van der Waals surface area contributed by atoms with Crippen LogP contribution in [0.5, 0.6) is 0 Å². The van der Waals surface area contributed by atoms with Crippen LogP contribution in [0.25, 0.3) is 11.3 Å². The molecule has 2 aromatic carbocycles. The van der Waals surface area contributed by atoms with Gasteiger partial charge in [0.1, 0.15) is 18.2 Å². The average molecular weight is 408 g/mol. The number of hydrogen-bond donors (Lipinski definition) is 2. The molecule has 1 saturated heterocycles. The summed E-state index contributed by atoms with van der Waals surface area (Å²) in [5.74, 6) is -0.0648. The van der Waals surface area contributed by atoms with E-state index in [9.17, 15) is 9.18 Å². The van der Waals surface area contributed by atoms with Crippen molar-refractivity contribution in [3.8, 4) is 0 Å². The van der Waals surface area contributed by atoms with Gasteiger partial charge in [0.2, 0.25) is 0 Å². The molecule has 5 rings (SSSR count). The minimum absolute atomic E-state index is 0.257. The van der Waals surface area contributed by atoms with Crippen molar-refractivity contribution in [1.82, 2.24) is 9.80 Å². The van der Waals surface area contributed by atoms with Crippen molar-refractivity contribution in [3.05, 3.63) is 58.9 Å². The molecule has 0 saturated carbocycles. The van der Waals surface area contributed by atoms with E-state index in [1.54, 1.807) is 6.07 Å². The molecule has 3 aliphatic heterocycles. The van der Waals surface area contributed by atoms with Crippen LogP contribution in [0.4, 0.5) is 15.8 Å². The quantitative estimate of drug-likeness (QED) is 0.762. The predicted molar refractivity (Wildman–Crippen MR) is 116 cm³/mol. The number of benzene rings is 2. The van der Waals surface area contributed by atoms with Crippen molar-refractivity contribution in [2.24, 2.45) is 0 Å². The smallest absolute Gasteiger partial charge is 0.260 e. The zero-order valence-corrected chi connectivity index (χ0v) is 17.0. The Kier molecular flexibility index (Phi) is 4.92. The Morgan fingerprint density at radius 1 is 1.10 bits per heavy atom. The summed E-state index contributed by atoms with van der Waals surface area (Å²) in [4.78, 5) is 17.4. The lowest BCUT2D eigenvalue weighted by atomic mass is 10.00. The Labute approximate surface area is 175 Å². The number of carbonyl (C=O) groups excluding carboxylic acids is 1. The number of halogens is 1. The molecule has 3 heterocycles. The van der Waals surface area contributed by atoms with Gasteiger partial charge in [-0.25, -0.2) is 4.39 Å². The van der Waals surface area contributed by atoms with Gasteiger partial charge < -0.3 is 20.3 Å². The van der Waals surface area contributed by atoms with Crippen LogP contribution in [0.3, 0.4) is 0 Å². The number of carbonyl (C=O) groups is 1. The van der Waals surface area contributed by atoms with Gasteiger partial charge in [-0.1, -0.05) is 0 Å². The highest BCUT2D eigenvalue weighted by atomic mass is 19.1. The van der Waals surface area contributed by atoms with Crippen molar-refractivity contribution in [2.75, 3.05) is 56.9 Å². The molecular weight excluding hydrogens is 383 g/mol. The number of hydrogen-bond acceptors (Lipinski definition) is 5. The third-order valence-electron chi connectivity index (χ3n) is 6.03. The second-order valence-electron chi connectivity index (χ2n) is 8.08. The molecule has 156 valence electrons. The fourth-order valence-corrected chi connectivity index (χ4v) is 4.28. The van der Waals surface area contributed by atoms with Crippen LogP contribution in [-0.2, 0) is 16.1 Å². The van der Waals surface area contributed by atoms with Gasteiger partial charge in [0.05, 0.1) is 11.3 Å². The molecule has 0 bridgehead atoms. The SMILES string of the molecule is CN1CCN(CCNc2ccc3c(c2)CO/C3=C2/C(=O)Nc3cc(F)ccc32)CC1. The third-order valence-corrected chi connectivity index (χ3v) is 6.03. The maximum Gasteiger partial charge on any atom is 0.260 e. The second-order valence-corrected chi connectivity index (χ2v) is 8.08. The minimum Gasteiger partial charge on any atom is -0.487 e. The summed E-state index contributed by atoms with van der Waals surface area (Å²) in [6, 6.07) is 10.4.